The van der Waals surface area contributed by atoms with Gasteiger partial charge in [0.2, 0.25) is 0 Å². The number of nitrogens with one attached hydrogen (secondary N) is 2. The summed E-state index contributed by atoms with van der Waals surface area (Å²) in [6.07, 6.45) is 2.00. The Morgan fingerprint density at radius 3 is 2.59 bits per heavy atom. The van der Waals surface area contributed by atoms with Crippen molar-refractivity contribution < 1.29 is 9.53 Å². The predicted octanol–water partition coefficient (Wildman–Crippen LogP) is 4.70. The summed E-state index contributed by atoms with van der Waals surface area (Å²) in [6, 6.07) is 20.2. The SMILES string of the molecule is N#CCc1ccc(OCc2cccc(NC(=O)NCc3ccc(Cl)nc3)c2)cc1. The van der Waals surface area contributed by atoms with E-state index in [9.17, 15) is 4.79 Å². The molecule has 3 rings (SSSR count). The van der Waals surface area contributed by atoms with Crippen molar-refractivity contribution >= 4 is 23.3 Å². The van der Waals surface area contributed by atoms with E-state index in [1.165, 1.54) is 0 Å². The van der Waals surface area contributed by atoms with Crippen LogP contribution in [0.2, 0.25) is 5.15 Å². The third-order valence-electron chi connectivity index (χ3n) is 4.04. The van der Waals surface area contributed by atoms with E-state index in [0.717, 1.165) is 22.4 Å². The number of halogens is 1. The van der Waals surface area contributed by atoms with Crippen LogP contribution in [-0.2, 0) is 19.6 Å². The van der Waals surface area contributed by atoms with E-state index < -0.39 is 0 Å². The zero-order chi connectivity index (χ0) is 20.5. The first-order valence-electron chi connectivity index (χ1n) is 8.95. The number of hydrogen-bond donors (Lipinski definition) is 2. The molecule has 0 aliphatic carbocycles. The molecule has 0 aliphatic heterocycles. The molecule has 0 radical (unpaired) electrons. The van der Waals surface area contributed by atoms with Crippen molar-refractivity contribution in [1.29, 1.82) is 5.26 Å². The van der Waals surface area contributed by atoms with Crippen LogP contribution in [0.25, 0.3) is 0 Å². The normalized spacial score (nSPS) is 10.1. The zero-order valence-electron chi connectivity index (χ0n) is 15.6. The van der Waals surface area contributed by atoms with Gasteiger partial charge in [-0.2, -0.15) is 5.26 Å². The van der Waals surface area contributed by atoms with Crippen LogP contribution in [0.3, 0.4) is 0 Å². The molecule has 146 valence electrons. The van der Waals surface area contributed by atoms with Crippen LogP contribution in [0.4, 0.5) is 10.5 Å². The topological polar surface area (TPSA) is 87.0 Å². The smallest absolute Gasteiger partial charge is 0.319 e. The third-order valence-corrected chi connectivity index (χ3v) is 4.26. The molecule has 7 heteroatoms. The number of nitriles is 1. The van der Waals surface area contributed by atoms with Crippen molar-refractivity contribution in [1.82, 2.24) is 10.3 Å². The van der Waals surface area contributed by atoms with Crippen LogP contribution in [0.5, 0.6) is 5.75 Å². The lowest BCUT2D eigenvalue weighted by Crippen LogP contribution is -2.28. The zero-order valence-corrected chi connectivity index (χ0v) is 16.3. The summed E-state index contributed by atoms with van der Waals surface area (Å²) in [5, 5.41) is 14.7. The van der Waals surface area contributed by atoms with E-state index in [4.69, 9.17) is 21.6 Å². The molecule has 0 bridgehead atoms. The largest absolute Gasteiger partial charge is 0.489 e. The van der Waals surface area contributed by atoms with Crippen LogP contribution in [0.15, 0.2) is 66.9 Å². The second kappa shape index (κ2) is 10.1. The highest BCUT2D eigenvalue weighted by Gasteiger charge is 2.04. The molecular weight excluding hydrogens is 388 g/mol. The fourth-order valence-corrected chi connectivity index (χ4v) is 2.68. The highest BCUT2D eigenvalue weighted by atomic mass is 35.5. The number of carbonyl (C=O) groups is 1. The molecule has 2 amide bonds. The van der Waals surface area contributed by atoms with E-state index in [-0.39, 0.29) is 6.03 Å². The molecule has 0 fully saturated rings. The lowest BCUT2D eigenvalue weighted by atomic mass is 10.1. The molecule has 0 unspecified atom stereocenters. The van der Waals surface area contributed by atoms with Crippen molar-refractivity contribution in [2.75, 3.05) is 5.32 Å². The summed E-state index contributed by atoms with van der Waals surface area (Å²) in [6.45, 7) is 0.714. The van der Waals surface area contributed by atoms with Crippen molar-refractivity contribution in [2.24, 2.45) is 0 Å². The van der Waals surface area contributed by atoms with Crippen LogP contribution in [-0.4, -0.2) is 11.0 Å². The number of anilines is 1. The van der Waals surface area contributed by atoms with Gasteiger partial charge in [-0.15, -0.1) is 0 Å². The molecule has 29 heavy (non-hydrogen) atoms. The first-order chi connectivity index (χ1) is 14.1. The number of urea groups is 1. The summed E-state index contributed by atoms with van der Waals surface area (Å²) in [4.78, 5) is 16.1. The number of rotatable bonds is 7. The molecule has 0 atom stereocenters. The number of benzene rings is 2. The molecule has 2 N–H and O–H groups in total. The average Bonchev–Trinajstić information content (AvgIpc) is 2.73. The standard InChI is InChI=1S/C22H19ClN4O2/c23-21-9-6-18(13-25-21)14-26-22(28)27-19-3-1-2-17(12-19)15-29-20-7-4-16(5-8-20)10-11-24/h1-9,12-13H,10,14-15H2,(H2,26,27,28). The highest BCUT2D eigenvalue weighted by Crippen LogP contribution is 2.16. The van der Waals surface area contributed by atoms with Gasteiger partial charge < -0.3 is 15.4 Å². The van der Waals surface area contributed by atoms with Gasteiger partial charge in [0.15, 0.2) is 0 Å². The van der Waals surface area contributed by atoms with Crippen molar-refractivity contribution in [3.8, 4) is 11.8 Å². The van der Waals surface area contributed by atoms with Gasteiger partial charge in [-0.1, -0.05) is 41.9 Å². The maximum Gasteiger partial charge on any atom is 0.319 e. The minimum absolute atomic E-state index is 0.314. The molecule has 1 aromatic heterocycles. The Bertz CT molecular complexity index is 999. The summed E-state index contributed by atoms with van der Waals surface area (Å²) in [5.41, 5.74) is 3.40. The fourth-order valence-electron chi connectivity index (χ4n) is 2.57. The monoisotopic (exact) mass is 406 g/mol. The molecule has 1 heterocycles. The summed E-state index contributed by atoms with van der Waals surface area (Å²) < 4.78 is 5.77. The fraction of sp³-hybridized carbons (Fsp3) is 0.136. The third kappa shape index (κ3) is 6.52. The lowest BCUT2D eigenvalue weighted by Gasteiger charge is -2.10. The minimum Gasteiger partial charge on any atom is -0.489 e. The summed E-state index contributed by atoms with van der Waals surface area (Å²) in [7, 11) is 0. The van der Waals surface area contributed by atoms with E-state index >= 15 is 0 Å². The Morgan fingerprint density at radius 1 is 1.07 bits per heavy atom. The highest BCUT2D eigenvalue weighted by molar-refractivity contribution is 6.29. The van der Waals surface area contributed by atoms with Crippen molar-refractivity contribution in [3.63, 3.8) is 0 Å². The van der Waals surface area contributed by atoms with E-state index in [1.807, 2.05) is 48.5 Å². The van der Waals surface area contributed by atoms with Gasteiger partial charge in [0.25, 0.3) is 0 Å². The Labute approximate surface area is 174 Å². The number of pyridine rings is 1. The summed E-state index contributed by atoms with van der Waals surface area (Å²) >= 11 is 5.75. The van der Waals surface area contributed by atoms with Crippen molar-refractivity contribution in [3.05, 3.63) is 88.7 Å². The molecule has 3 aromatic rings. The molecule has 0 aliphatic rings. The molecular formula is C22H19ClN4O2. The van der Waals surface area contributed by atoms with Crippen molar-refractivity contribution in [2.45, 2.75) is 19.6 Å². The van der Waals surface area contributed by atoms with Crippen LogP contribution < -0.4 is 15.4 Å². The Balaban J connectivity index is 1.50. The maximum atomic E-state index is 12.1. The first kappa shape index (κ1) is 20.2. The predicted molar refractivity (Wildman–Crippen MR) is 112 cm³/mol. The summed E-state index contributed by atoms with van der Waals surface area (Å²) in [5.74, 6) is 0.722. The number of aromatic nitrogens is 1. The molecule has 0 saturated carbocycles. The van der Waals surface area contributed by atoms with Gasteiger partial charge in [-0.3, -0.25) is 0 Å². The Kier molecular flexibility index (Phi) is 7.04. The second-order valence-electron chi connectivity index (χ2n) is 6.26. The van der Waals surface area contributed by atoms with Crippen LogP contribution in [0, 0.1) is 11.3 Å². The average molecular weight is 407 g/mol. The van der Waals surface area contributed by atoms with Gasteiger partial charge in [-0.05, 0) is 47.0 Å². The molecule has 6 nitrogen and oxygen atoms in total. The van der Waals surface area contributed by atoms with E-state index in [2.05, 4.69) is 21.7 Å². The lowest BCUT2D eigenvalue weighted by molar-refractivity contribution is 0.251. The second-order valence-corrected chi connectivity index (χ2v) is 6.65. The van der Waals surface area contributed by atoms with Gasteiger partial charge in [-0.25, -0.2) is 9.78 Å². The molecule has 0 saturated heterocycles. The Morgan fingerprint density at radius 2 is 1.86 bits per heavy atom. The quantitative estimate of drug-likeness (QED) is 0.556. The van der Waals surface area contributed by atoms with Gasteiger partial charge in [0.1, 0.15) is 17.5 Å². The molecule has 2 aromatic carbocycles. The van der Waals surface area contributed by atoms with Gasteiger partial charge in [0, 0.05) is 18.4 Å². The first-order valence-corrected chi connectivity index (χ1v) is 9.33. The Hall–Kier alpha value is -3.56. The number of amides is 2. The van der Waals surface area contributed by atoms with E-state index in [0.29, 0.717) is 30.4 Å². The van der Waals surface area contributed by atoms with Crippen LogP contribution >= 0.6 is 11.6 Å². The van der Waals surface area contributed by atoms with Crippen LogP contribution in [0.1, 0.15) is 16.7 Å². The number of ether oxygens (including phenoxy) is 1. The molecule has 0 spiro atoms. The maximum absolute atomic E-state index is 12.1. The van der Waals surface area contributed by atoms with Gasteiger partial charge >= 0.3 is 6.03 Å². The van der Waals surface area contributed by atoms with E-state index in [1.54, 1.807) is 18.3 Å². The minimum atomic E-state index is -0.314. The number of nitrogens with zero attached hydrogens (tertiary/aromatic N) is 2. The number of carbonyl (C=O) groups excluding carboxylic acids is 1. The number of hydrogen-bond acceptors (Lipinski definition) is 4. The van der Waals surface area contributed by atoms with Gasteiger partial charge in [0.05, 0.1) is 12.5 Å².